The van der Waals surface area contributed by atoms with Gasteiger partial charge in [0.2, 0.25) is 5.78 Å². The number of aromatic hydroxyl groups is 1. The van der Waals surface area contributed by atoms with E-state index < -0.39 is 52.0 Å². The van der Waals surface area contributed by atoms with E-state index in [1.54, 1.807) is 13.0 Å². The summed E-state index contributed by atoms with van der Waals surface area (Å²) in [6, 6.07) is 1.78. The van der Waals surface area contributed by atoms with Crippen LogP contribution in [-0.2, 0) is 20.8 Å². The number of fused-ring (bicyclic) bond motifs is 3. The molecule has 164 valence electrons. The molecule has 0 radical (unpaired) electrons. The van der Waals surface area contributed by atoms with Crippen LogP contribution in [0, 0.1) is 18.8 Å². The number of phenolic OH excluding ortho intramolecular Hbond substituents is 1. The maximum absolute atomic E-state index is 13.4. The Morgan fingerprint density at radius 2 is 1.84 bits per heavy atom. The molecule has 1 fully saturated rings. The van der Waals surface area contributed by atoms with Crippen molar-refractivity contribution < 1.29 is 34.8 Å². The molecule has 0 bridgehead atoms. The Kier molecular flexibility index (Phi) is 4.44. The van der Waals surface area contributed by atoms with Gasteiger partial charge in [0.05, 0.1) is 5.56 Å². The summed E-state index contributed by atoms with van der Waals surface area (Å²) in [4.78, 5) is 39.3. The van der Waals surface area contributed by atoms with Gasteiger partial charge in [0.1, 0.15) is 22.8 Å². The summed E-state index contributed by atoms with van der Waals surface area (Å²) in [6.45, 7) is 1.67. The number of anilines is 1. The minimum Gasteiger partial charge on any atom is -0.508 e. The largest absolute Gasteiger partial charge is 0.508 e. The highest BCUT2D eigenvalue weighted by Crippen LogP contribution is 2.53. The molecule has 0 aromatic heterocycles. The van der Waals surface area contributed by atoms with Gasteiger partial charge in [0.25, 0.3) is 5.91 Å². The molecule has 0 saturated heterocycles. The lowest BCUT2D eigenvalue weighted by molar-refractivity contribution is -0.147. The Morgan fingerprint density at radius 3 is 2.42 bits per heavy atom. The van der Waals surface area contributed by atoms with Crippen LogP contribution in [0.15, 0.2) is 23.0 Å². The molecule has 3 aliphatic carbocycles. The fourth-order valence-corrected chi connectivity index (χ4v) is 5.20. The zero-order valence-corrected chi connectivity index (χ0v) is 17.4. The topological polar surface area (TPSA) is 161 Å². The van der Waals surface area contributed by atoms with Crippen molar-refractivity contribution in [1.82, 2.24) is 0 Å². The van der Waals surface area contributed by atoms with Crippen LogP contribution in [0.3, 0.4) is 0 Å². The molecule has 0 aliphatic heterocycles. The molecule has 4 rings (SSSR count). The third-order valence-electron chi connectivity index (χ3n) is 6.71. The van der Waals surface area contributed by atoms with E-state index >= 15 is 0 Å². The number of aliphatic hydroxyl groups excluding tert-OH is 2. The number of nitrogens with two attached hydrogens (primary N) is 1. The van der Waals surface area contributed by atoms with Gasteiger partial charge in [0, 0.05) is 37.7 Å². The average molecular weight is 428 g/mol. The number of carbonyl (C=O) groups excluding carboxylic acids is 3. The first kappa shape index (κ1) is 20.9. The second kappa shape index (κ2) is 6.58. The molecule has 3 aliphatic rings. The first-order valence-corrected chi connectivity index (χ1v) is 9.91. The first-order valence-electron chi connectivity index (χ1n) is 9.91. The van der Waals surface area contributed by atoms with Crippen LogP contribution in [0.5, 0.6) is 5.75 Å². The van der Waals surface area contributed by atoms with Crippen LogP contribution in [-0.4, -0.2) is 57.6 Å². The predicted octanol–water partition coefficient (Wildman–Crippen LogP) is 0.798. The summed E-state index contributed by atoms with van der Waals surface area (Å²) < 4.78 is 0. The van der Waals surface area contributed by atoms with E-state index in [0.29, 0.717) is 11.1 Å². The van der Waals surface area contributed by atoms with Crippen LogP contribution >= 0.6 is 0 Å². The smallest absolute Gasteiger partial charge is 0.255 e. The van der Waals surface area contributed by atoms with E-state index in [-0.39, 0.29) is 36.1 Å². The van der Waals surface area contributed by atoms with Crippen LogP contribution in [0.2, 0.25) is 0 Å². The molecule has 9 nitrogen and oxygen atoms in total. The lowest BCUT2D eigenvalue weighted by atomic mass is 9.59. The van der Waals surface area contributed by atoms with Crippen molar-refractivity contribution in [2.24, 2.45) is 17.6 Å². The molecular formula is C22H24N2O7. The van der Waals surface area contributed by atoms with Crippen molar-refractivity contribution in [2.45, 2.75) is 31.8 Å². The SMILES string of the molecule is Cc1cc(N(C)C)c2c(c1O)C(O)=C1C(=O)C3(O)C(O)=C(C(N)=O)C(=O)C[C@@H]3C[C@@H]1C2. The van der Waals surface area contributed by atoms with Crippen molar-refractivity contribution in [3.05, 3.63) is 39.7 Å². The van der Waals surface area contributed by atoms with Gasteiger partial charge in [-0.15, -0.1) is 0 Å². The zero-order chi connectivity index (χ0) is 23.0. The molecule has 1 unspecified atom stereocenters. The first-order chi connectivity index (χ1) is 14.4. The quantitative estimate of drug-likeness (QED) is 0.432. The number of aliphatic hydroxyl groups is 3. The summed E-state index contributed by atoms with van der Waals surface area (Å²) in [5.74, 6) is -6.20. The maximum Gasteiger partial charge on any atom is 0.255 e. The van der Waals surface area contributed by atoms with E-state index in [1.807, 2.05) is 19.0 Å². The number of hydrogen-bond acceptors (Lipinski definition) is 8. The number of nitrogens with zero attached hydrogens (tertiary/aromatic N) is 1. The lowest BCUT2D eigenvalue weighted by Crippen LogP contribution is -2.58. The number of phenols is 1. The number of primary amides is 1. The number of rotatable bonds is 2. The number of carbonyl (C=O) groups is 3. The lowest BCUT2D eigenvalue weighted by Gasteiger charge is -2.46. The van der Waals surface area contributed by atoms with Gasteiger partial charge in [-0.25, -0.2) is 0 Å². The summed E-state index contributed by atoms with van der Waals surface area (Å²) in [7, 11) is 3.64. The number of hydrogen-bond donors (Lipinski definition) is 5. The monoisotopic (exact) mass is 428 g/mol. The number of Topliss-reactive ketones (excluding diaryl/α,β-unsaturated/α-hetero) is 2. The third kappa shape index (κ3) is 2.62. The van der Waals surface area contributed by atoms with Gasteiger partial charge in [-0.2, -0.15) is 0 Å². The molecule has 1 amide bonds. The molecule has 1 saturated carbocycles. The molecule has 3 atom stereocenters. The highest BCUT2D eigenvalue weighted by molar-refractivity contribution is 6.22. The Bertz CT molecular complexity index is 1130. The summed E-state index contributed by atoms with van der Waals surface area (Å²) in [6.07, 6.45) is 0.0713. The van der Waals surface area contributed by atoms with Crippen molar-refractivity contribution in [3.63, 3.8) is 0 Å². The summed E-state index contributed by atoms with van der Waals surface area (Å²) >= 11 is 0. The van der Waals surface area contributed by atoms with Gasteiger partial charge in [-0.3, -0.25) is 14.4 Å². The molecule has 6 N–H and O–H groups in total. The predicted molar refractivity (Wildman–Crippen MR) is 110 cm³/mol. The molecule has 1 aromatic carbocycles. The summed E-state index contributed by atoms with van der Waals surface area (Å²) in [5.41, 5.74) is 3.72. The molecule has 1 aromatic rings. The molecule has 31 heavy (non-hydrogen) atoms. The second-order valence-electron chi connectivity index (χ2n) is 8.72. The minimum absolute atomic E-state index is 0.107. The number of amides is 1. The fraction of sp³-hybridized carbons (Fsp3) is 0.409. The number of ketones is 2. The molecule has 9 heteroatoms. The highest BCUT2D eigenvalue weighted by atomic mass is 16.3. The van der Waals surface area contributed by atoms with E-state index in [1.165, 1.54) is 0 Å². The normalized spacial score (nSPS) is 27.6. The van der Waals surface area contributed by atoms with Crippen LogP contribution in [0.25, 0.3) is 5.76 Å². The molecule has 0 heterocycles. The second-order valence-corrected chi connectivity index (χ2v) is 8.72. The van der Waals surface area contributed by atoms with E-state index in [0.717, 1.165) is 5.69 Å². The van der Waals surface area contributed by atoms with Crippen LogP contribution in [0.1, 0.15) is 29.5 Å². The van der Waals surface area contributed by atoms with Gasteiger partial charge in [-0.1, -0.05) is 0 Å². The Hall–Kier alpha value is -3.33. The average Bonchev–Trinajstić information content (AvgIpc) is 2.66. The van der Waals surface area contributed by atoms with E-state index in [2.05, 4.69) is 0 Å². The Balaban J connectivity index is 1.97. The number of aryl methyl sites for hydroxylation is 1. The van der Waals surface area contributed by atoms with Gasteiger partial charge in [0.15, 0.2) is 11.4 Å². The van der Waals surface area contributed by atoms with Gasteiger partial charge < -0.3 is 31.1 Å². The molecular weight excluding hydrogens is 404 g/mol. The maximum atomic E-state index is 13.4. The van der Waals surface area contributed by atoms with Crippen LogP contribution in [0.4, 0.5) is 5.69 Å². The molecule has 0 spiro atoms. The van der Waals surface area contributed by atoms with Gasteiger partial charge in [-0.05, 0) is 42.9 Å². The zero-order valence-electron chi connectivity index (χ0n) is 17.4. The van der Waals surface area contributed by atoms with Crippen LogP contribution < -0.4 is 10.6 Å². The van der Waals surface area contributed by atoms with E-state index in [4.69, 9.17) is 5.73 Å². The van der Waals surface area contributed by atoms with E-state index in [9.17, 15) is 34.8 Å². The van der Waals surface area contributed by atoms with Crippen molar-refractivity contribution in [1.29, 1.82) is 0 Å². The standard InChI is InChI=1S/C22H24N2O7/c1-8-4-12(24(2)3)11-6-9-5-10-7-13(25)16(21(23)30)20(29)22(10,31)19(28)14(9)18(27)15(11)17(8)26/h4,9-10,26-27,29,31H,5-7H2,1-3H3,(H2,23,30)/t9-,10+,22?/m1/s1. The fourth-order valence-electron chi connectivity index (χ4n) is 5.20. The Morgan fingerprint density at radius 1 is 1.19 bits per heavy atom. The van der Waals surface area contributed by atoms with Crippen molar-refractivity contribution in [3.8, 4) is 5.75 Å². The number of benzene rings is 1. The van der Waals surface area contributed by atoms with Gasteiger partial charge >= 0.3 is 0 Å². The van der Waals surface area contributed by atoms with Crippen molar-refractivity contribution in [2.75, 3.05) is 19.0 Å². The highest BCUT2D eigenvalue weighted by Gasteiger charge is 2.60. The summed E-state index contributed by atoms with van der Waals surface area (Å²) in [5, 5.41) is 43.5. The van der Waals surface area contributed by atoms with Crippen molar-refractivity contribution >= 4 is 28.9 Å². The minimum atomic E-state index is -2.54. The third-order valence-corrected chi connectivity index (χ3v) is 6.71. The Labute approximate surface area is 178 Å².